The molecule has 3 aromatic heterocycles. The summed E-state index contributed by atoms with van der Waals surface area (Å²) in [6, 6.07) is 5.49. The molecule has 1 aliphatic heterocycles. The molecule has 8 heteroatoms. The quantitative estimate of drug-likeness (QED) is 0.702. The molecular formula is C18H20N4O3S. The van der Waals surface area contributed by atoms with Crippen LogP contribution in [0, 0.1) is 6.92 Å². The molecular weight excluding hydrogens is 352 g/mol. The molecule has 0 amide bonds. The molecule has 1 saturated heterocycles. The number of nitrogens with zero attached hydrogens (tertiary/aromatic N) is 4. The lowest BCUT2D eigenvalue weighted by Crippen LogP contribution is -2.28. The third-order valence-corrected chi connectivity index (χ3v) is 6.71. The summed E-state index contributed by atoms with van der Waals surface area (Å²) in [7, 11) is -1.86. The summed E-state index contributed by atoms with van der Waals surface area (Å²) in [5.41, 5.74) is 2.85. The first-order chi connectivity index (χ1) is 12.4. The average molecular weight is 372 g/mol. The van der Waals surface area contributed by atoms with Crippen LogP contribution in [0.5, 0.6) is 0 Å². The number of hydrogen-bond acceptors (Lipinski definition) is 4. The Morgan fingerprint density at radius 1 is 1.08 bits per heavy atom. The van der Waals surface area contributed by atoms with Crippen LogP contribution in [-0.2, 0) is 17.1 Å². The second-order valence-corrected chi connectivity index (χ2v) is 8.57. The molecule has 0 aromatic carbocycles. The van der Waals surface area contributed by atoms with E-state index < -0.39 is 10.0 Å². The van der Waals surface area contributed by atoms with Crippen LogP contribution in [0.2, 0.25) is 0 Å². The minimum absolute atomic E-state index is 0.0465. The van der Waals surface area contributed by atoms with Gasteiger partial charge in [-0.3, -0.25) is 9.20 Å². The molecule has 0 radical (unpaired) electrons. The first-order valence-electron chi connectivity index (χ1n) is 8.53. The van der Waals surface area contributed by atoms with Gasteiger partial charge in [0.05, 0.1) is 6.20 Å². The van der Waals surface area contributed by atoms with E-state index in [0.717, 1.165) is 24.0 Å². The predicted molar refractivity (Wildman–Crippen MR) is 98.6 cm³/mol. The number of hydrogen-bond donors (Lipinski definition) is 0. The van der Waals surface area contributed by atoms with Gasteiger partial charge in [-0.1, -0.05) is 0 Å². The first kappa shape index (κ1) is 17.0. The van der Waals surface area contributed by atoms with E-state index >= 15 is 0 Å². The highest BCUT2D eigenvalue weighted by Gasteiger charge is 2.30. The van der Waals surface area contributed by atoms with Crippen LogP contribution in [0.15, 0.2) is 46.6 Å². The Morgan fingerprint density at radius 2 is 1.81 bits per heavy atom. The maximum absolute atomic E-state index is 12.9. The van der Waals surface area contributed by atoms with Gasteiger partial charge in [0.2, 0.25) is 0 Å². The van der Waals surface area contributed by atoms with Crippen LogP contribution in [0.4, 0.5) is 0 Å². The van der Waals surface area contributed by atoms with E-state index in [0.29, 0.717) is 24.3 Å². The van der Waals surface area contributed by atoms with Gasteiger partial charge in [-0.05, 0) is 49.1 Å². The molecule has 0 bridgehead atoms. The van der Waals surface area contributed by atoms with Crippen molar-refractivity contribution in [3.8, 4) is 11.1 Å². The molecule has 3 aromatic rings. The van der Waals surface area contributed by atoms with Crippen molar-refractivity contribution < 1.29 is 8.42 Å². The van der Waals surface area contributed by atoms with Crippen molar-refractivity contribution in [1.29, 1.82) is 0 Å². The Kier molecular flexibility index (Phi) is 3.96. The van der Waals surface area contributed by atoms with Gasteiger partial charge >= 0.3 is 0 Å². The lowest BCUT2D eigenvalue weighted by atomic mass is 10.1. The molecule has 136 valence electrons. The second kappa shape index (κ2) is 6.07. The molecule has 0 unspecified atom stereocenters. The van der Waals surface area contributed by atoms with Gasteiger partial charge in [0.15, 0.2) is 5.03 Å². The van der Waals surface area contributed by atoms with Crippen molar-refractivity contribution in [2.75, 3.05) is 13.1 Å². The Hall–Kier alpha value is -2.45. The number of aromatic nitrogens is 3. The minimum atomic E-state index is -3.57. The maximum atomic E-state index is 12.9. The highest BCUT2D eigenvalue weighted by molar-refractivity contribution is 7.89. The van der Waals surface area contributed by atoms with Crippen molar-refractivity contribution >= 4 is 15.7 Å². The molecule has 0 atom stereocenters. The van der Waals surface area contributed by atoms with Gasteiger partial charge in [0.1, 0.15) is 5.65 Å². The zero-order valence-corrected chi connectivity index (χ0v) is 15.5. The third-order valence-electron chi connectivity index (χ3n) is 4.84. The molecule has 0 aliphatic carbocycles. The van der Waals surface area contributed by atoms with Gasteiger partial charge in [0.25, 0.3) is 15.6 Å². The highest BCUT2D eigenvalue weighted by Crippen LogP contribution is 2.25. The normalized spacial score (nSPS) is 15.8. The van der Waals surface area contributed by atoms with E-state index in [1.165, 1.54) is 15.1 Å². The zero-order valence-electron chi connectivity index (χ0n) is 14.7. The maximum Gasteiger partial charge on any atom is 0.260 e. The van der Waals surface area contributed by atoms with Crippen molar-refractivity contribution in [3.05, 3.63) is 52.7 Å². The van der Waals surface area contributed by atoms with Crippen molar-refractivity contribution in [2.45, 2.75) is 24.8 Å². The Morgan fingerprint density at radius 3 is 2.50 bits per heavy atom. The zero-order chi connectivity index (χ0) is 18.5. The predicted octanol–water partition coefficient (Wildman–Crippen LogP) is 1.79. The van der Waals surface area contributed by atoms with Crippen LogP contribution in [0.3, 0.4) is 0 Å². The number of aryl methyl sites for hydroxylation is 2. The van der Waals surface area contributed by atoms with Gasteiger partial charge < -0.3 is 4.57 Å². The Labute approximate surface area is 151 Å². The van der Waals surface area contributed by atoms with E-state index in [4.69, 9.17) is 0 Å². The van der Waals surface area contributed by atoms with Gasteiger partial charge in [-0.2, -0.15) is 4.31 Å². The molecule has 1 aliphatic rings. The molecule has 26 heavy (non-hydrogen) atoms. The van der Waals surface area contributed by atoms with Gasteiger partial charge in [-0.25, -0.2) is 13.4 Å². The first-order valence-corrected chi connectivity index (χ1v) is 9.97. The number of sulfonamides is 1. The fourth-order valence-electron chi connectivity index (χ4n) is 3.42. The van der Waals surface area contributed by atoms with Crippen LogP contribution in [0.25, 0.3) is 16.8 Å². The number of fused-ring (bicyclic) bond motifs is 1. The number of pyridine rings is 2. The fraction of sp³-hybridized carbons (Fsp3) is 0.333. The summed E-state index contributed by atoms with van der Waals surface area (Å²) in [6.45, 7) is 2.87. The third kappa shape index (κ3) is 2.65. The van der Waals surface area contributed by atoms with E-state index in [2.05, 4.69) is 4.98 Å². The summed E-state index contributed by atoms with van der Waals surface area (Å²) in [5.74, 6) is 0. The van der Waals surface area contributed by atoms with Gasteiger partial charge in [-0.15, -0.1) is 0 Å². The summed E-state index contributed by atoms with van der Waals surface area (Å²) < 4.78 is 30.5. The molecule has 0 N–H and O–H groups in total. The van der Waals surface area contributed by atoms with Crippen molar-refractivity contribution in [3.63, 3.8) is 0 Å². The van der Waals surface area contributed by atoms with E-state index in [-0.39, 0.29) is 10.6 Å². The largest absolute Gasteiger partial charge is 0.318 e. The fourth-order valence-corrected chi connectivity index (χ4v) is 5.00. The summed E-state index contributed by atoms with van der Waals surface area (Å²) in [6.07, 6.45) is 6.71. The van der Waals surface area contributed by atoms with E-state index in [1.807, 2.05) is 12.1 Å². The van der Waals surface area contributed by atoms with E-state index in [1.54, 1.807) is 36.8 Å². The molecule has 7 nitrogen and oxygen atoms in total. The van der Waals surface area contributed by atoms with Crippen LogP contribution < -0.4 is 5.56 Å². The van der Waals surface area contributed by atoms with Gasteiger partial charge in [0, 0.05) is 38.1 Å². The van der Waals surface area contributed by atoms with Crippen LogP contribution in [-0.4, -0.2) is 39.8 Å². The minimum Gasteiger partial charge on any atom is -0.318 e. The average Bonchev–Trinajstić information content (AvgIpc) is 3.28. The standard InChI is InChI=1S/C18H20N4O3S/c1-13-9-15(11-20(2)18(13)23)14-5-6-16-19-10-17(22(16)12-14)26(24,25)21-7-3-4-8-21/h5-6,9-12H,3-4,7-8H2,1-2H3. The topological polar surface area (TPSA) is 76.7 Å². The second-order valence-electron chi connectivity index (χ2n) is 6.68. The molecule has 0 spiro atoms. The smallest absolute Gasteiger partial charge is 0.260 e. The highest BCUT2D eigenvalue weighted by atomic mass is 32.2. The number of rotatable bonds is 3. The lowest BCUT2D eigenvalue weighted by Gasteiger charge is -2.15. The Bertz CT molecular complexity index is 1130. The van der Waals surface area contributed by atoms with Crippen LogP contribution in [0.1, 0.15) is 18.4 Å². The molecule has 1 fully saturated rings. The summed E-state index contributed by atoms with van der Waals surface area (Å²) in [5, 5.41) is 0.179. The molecule has 0 saturated carbocycles. The summed E-state index contributed by atoms with van der Waals surface area (Å²) in [4.78, 5) is 16.2. The number of imidazole rings is 1. The van der Waals surface area contributed by atoms with E-state index in [9.17, 15) is 13.2 Å². The van der Waals surface area contributed by atoms with Crippen molar-refractivity contribution in [1.82, 2.24) is 18.3 Å². The summed E-state index contributed by atoms with van der Waals surface area (Å²) >= 11 is 0. The SMILES string of the molecule is Cc1cc(-c2ccc3ncc(S(=O)(=O)N4CCCC4)n3c2)cn(C)c1=O. The Balaban J connectivity index is 1.87. The molecule has 4 rings (SSSR count). The van der Waals surface area contributed by atoms with Crippen molar-refractivity contribution in [2.24, 2.45) is 7.05 Å². The van der Waals surface area contributed by atoms with Crippen LogP contribution >= 0.6 is 0 Å². The lowest BCUT2D eigenvalue weighted by molar-refractivity contribution is 0.473. The monoisotopic (exact) mass is 372 g/mol. The molecule has 4 heterocycles.